The van der Waals surface area contributed by atoms with Crippen LogP contribution >= 0.6 is 11.3 Å². The highest BCUT2D eigenvalue weighted by atomic mass is 32.2. The molecular formula is C40H73N3O5S2. The summed E-state index contributed by atoms with van der Waals surface area (Å²) in [6.45, 7) is 31.7. The van der Waals surface area contributed by atoms with Crippen LogP contribution in [-0.4, -0.2) is 46.8 Å². The second-order valence-electron chi connectivity index (χ2n) is 12.7. The minimum Gasteiger partial charge on any atom is -0.473 e. The monoisotopic (exact) mass is 739 g/mol. The van der Waals surface area contributed by atoms with Crippen molar-refractivity contribution in [3.05, 3.63) is 102 Å². The second kappa shape index (κ2) is 40.5. The van der Waals surface area contributed by atoms with E-state index in [2.05, 4.69) is 74.5 Å². The Kier molecular flexibility index (Phi) is 45.8. The molecule has 0 saturated carbocycles. The van der Waals surface area contributed by atoms with Crippen LogP contribution < -0.4 is 4.72 Å². The average molecular weight is 740 g/mol. The summed E-state index contributed by atoms with van der Waals surface area (Å²) in [5, 5.41) is 20.2. The van der Waals surface area contributed by atoms with Gasteiger partial charge in [0.2, 0.25) is 10.0 Å². The Morgan fingerprint density at radius 2 is 1.00 bits per heavy atom. The first kappa shape index (κ1) is 56.5. The predicted octanol–water partition coefficient (Wildman–Crippen LogP) is 11.1. The van der Waals surface area contributed by atoms with Crippen LogP contribution in [0, 0.1) is 11.8 Å². The Hall–Kier alpha value is -2.89. The fourth-order valence-corrected chi connectivity index (χ4v) is 3.77. The summed E-state index contributed by atoms with van der Waals surface area (Å²) >= 11 is 1.71. The summed E-state index contributed by atoms with van der Waals surface area (Å²) in [5.41, 5.74) is 1.19. The first-order valence-electron chi connectivity index (χ1n) is 17.4. The van der Waals surface area contributed by atoms with Crippen molar-refractivity contribution < 1.29 is 23.0 Å². The number of aromatic nitrogens is 2. The quantitative estimate of drug-likeness (QED) is 0.190. The molecule has 0 saturated heterocycles. The van der Waals surface area contributed by atoms with Crippen molar-refractivity contribution in [2.75, 3.05) is 0 Å². The first-order chi connectivity index (χ1) is 23.3. The van der Waals surface area contributed by atoms with Crippen molar-refractivity contribution in [3.8, 4) is 0 Å². The largest absolute Gasteiger partial charge is 0.473 e. The molecule has 0 fully saturated rings. The lowest BCUT2D eigenvalue weighted by molar-refractivity contribution is 0.215. The van der Waals surface area contributed by atoms with Gasteiger partial charge in [0.1, 0.15) is 6.33 Å². The van der Waals surface area contributed by atoms with Crippen LogP contribution in [0.15, 0.2) is 106 Å². The Balaban J connectivity index is -0.000000161. The molecule has 0 unspecified atom stereocenters. The molecule has 1 aromatic carbocycles. The fourth-order valence-electron chi connectivity index (χ4n) is 2.04. The number of hydrogen-bond donors (Lipinski definition) is 3. The number of thiophene rings is 1. The Morgan fingerprint density at radius 3 is 1.22 bits per heavy atom. The van der Waals surface area contributed by atoms with E-state index >= 15 is 0 Å². The lowest BCUT2D eigenvalue weighted by Gasteiger charge is -2.08. The third kappa shape index (κ3) is 60.4. The smallest absolute Gasteiger partial charge is 0.240 e. The van der Waals surface area contributed by atoms with Crippen LogP contribution in [0.5, 0.6) is 0 Å². The first-order valence-corrected chi connectivity index (χ1v) is 19.8. The fraction of sp³-hybridized carbons (Fsp3) is 0.550. The van der Waals surface area contributed by atoms with E-state index in [1.807, 2.05) is 61.3 Å². The molecule has 290 valence electrons. The lowest BCUT2D eigenvalue weighted by atomic mass is 10.1. The highest BCUT2D eigenvalue weighted by Crippen LogP contribution is 2.09. The molecule has 0 radical (unpaired) electrons. The minimum absolute atomic E-state index is 0.0785. The van der Waals surface area contributed by atoms with Gasteiger partial charge in [0.25, 0.3) is 0 Å². The van der Waals surface area contributed by atoms with Gasteiger partial charge < -0.3 is 14.6 Å². The summed E-state index contributed by atoms with van der Waals surface area (Å²) in [5.74, 6) is 2.20. The molecule has 0 amide bonds. The minimum atomic E-state index is -3.31. The number of hydrogen-bond acceptors (Lipinski definition) is 8. The van der Waals surface area contributed by atoms with Gasteiger partial charge >= 0.3 is 0 Å². The normalized spacial score (nSPS) is 9.52. The van der Waals surface area contributed by atoms with E-state index < -0.39 is 10.0 Å². The highest BCUT2D eigenvalue weighted by molar-refractivity contribution is 7.89. The molecule has 3 N–H and O–H groups in total. The summed E-state index contributed by atoms with van der Waals surface area (Å²) in [7, 11) is -3.31. The van der Waals surface area contributed by atoms with E-state index in [0.29, 0.717) is 10.8 Å². The van der Waals surface area contributed by atoms with Gasteiger partial charge in [-0.2, -0.15) is 11.3 Å². The Bertz CT molecular complexity index is 1100. The van der Waals surface area contributed by atoms with Crippen LogP contribution in [0.4, 0.5) is 0 Å². The summed E-state index contributed by atoms with van der Waals surface area (Å²) < 4.78 is 30.2. The van der Waals surface area contributed by atoms with Crippen LogP contribution in [0.25, 0.3) is 0 Å². The molecular weight excluding hydrogens is 667 g/mol. The van der Waals surface area contributed by atoms with Crippen LogP contribution in [0.3, 0.4) is 0 Å². The van der Waals surface area contributed by atoms with Crippen LogP contribution in [-0.2, 0) is 10.0 Å². The zero-order chi connectivity index (χ0) is 40.0. The van der Waals surface area contributed by atoms with Gasteiger partial charge in [-0.1, -0.05) is 99.6 Å². The molecule has 0 atom stereocenters. The molecule has 10 heteroatoms. The van der Waals surface area contributed by atoms with Crippen molar-refractivity contribution in [2.24, 2.45) is 11.8 Å². The van der Waals surface area contributed by atoms with Gasteiger partial charge in [-0.3, -0.25) is 0 Å². The number of furan rings is 1. The number of benzene rings is 1. The topological polar surface area (TPSA) is 126 Å². The number of sulfonamides is 1. The standard InChI is InChI=1S/C9H13NO2S.C7H10N2.C4H4O.C4H4S.2C4H10.2C3H8O.C2H6/c1-8(2)10-13(11,12)9-6-4-3-5-7-9;1-6(2)7-3-8-5-9-4-7;2*1-2-4-5-3-1;2*1-4(2)3;2*1-3(2)4;1-2/h3-8,10H,1-2H3;3-6H,1-2H3;2*1-4H;2*4H,1-3H3;2*3-4H,1-2H3;1-2H3. The van der Waals surface area contributed by atoms with E-state index in [4.69, 9.17) is 10.2 Å². The van der Waals surface area contributed by atoms with E-state index in [1.165, 1.54) is 5.56 Å². The maximum absolute atomic E-state index is 11.5. The van der Waals surface area contributed by atoms with Crippen molar-refractivity contribution in [1.29, 1.82) is 0 Å². The number of aliphatic hydroxyl groups is 2. The number of nitrogens with one attached hydrogen (secondary N) is 1. The van der Waals surface area contributed by atoms with Crippen molar-refractivity contribution >= 4 is 21.4 Å². The molecule has 3 heterocycles. The van der Waals surface area contributed by atoms with Gasteiger partial charge in [0.05, 0.1) is 17.4 Å². The molecule has 4 rings (SSSR count). The molecule has 8 nitrogen and oxygen atoms in total. The van der Waals surface area contributed by atoms with Gasteiger partial charge in [0, 0.05) is 30.6 Å². The van der Waals surface area contributed by atoms with Crippen molar-refractivity contribution in [3.63, 3.8) is 0 Å². The predicted molar refractivity (Wildman–Crippen MR) is 218 cm³/mol. The summed E-state index contributed by atoms with van der Waals surface area (Å²) in [6.07, 6.45) is 8.15. The zero-order valence-corrected chi connectivity index (χ0v) is 35.7. The van der Waals surface area contributed by atoms with Crippen molar-refractivity contribution in [1.82, 2.24) is 14.7 Å². The van der Waals surface area contributed by atoms with E-state index in [1.54, 1.807) is 102 Å². The number of aliphatic hydroxyl groups excluding tert-OH is 2. The molecule has 50 heavy (non-hydrogen) atoms. The van der Waals surface area contributed by atoms with Gasteiger partial charge in [0.15, 0.2) is 0 Å². The van der Waals surface area contributed by atoms with E-state index in [0.717, 1.165) is 11.8 Å². The third-order valence-corrected chi connectivity index (χ3v) is 5.85. The van der Waals surface area contributed by atoms with Crippen LogP contribution in [0.1, 0.15) is 122 Å². The molecule has 0 spiro atoms. The Morgan fingerprint density at radius 1 is 0.640 bits per heavy atom. The number of rotatable bonds is 4. The molecule has 3 aromatic heterocycles. The summed E-state index contributed by atoms with van der Waals surface area (Å²) in [4.78, 5) is 8.10. The maximum atomic E-state index is 11.5. The SMILES string of the molecule is CC.CC(C)C.CC(C)C.CC(C)NS(=O)(=O)c1ccccc1.CC(C)O.CC(C)O.CC(C)c1cncnc1.c1ccoc1.c1ccsc1. The molecule has 4 aromatic rings. The maximum Gasteiger partial charge on any atom is 0.240 e. The van der Waals surface area contributed by atoms with Gasteiger partial charge in [-0.15, -0.1) is 0 Å². The van der Waals surface area contributed by atoms with Crippen molar-refractivity contribution in [2.45, 2.75) is 140 Å². The molecule has 0 aliphatic carbocycles. The zero-order valence-electron chi connectivity index (χ0n) is 34.0. The van der Waals surface area contributed by atoms with Crippen LogP contribution in [0.2, 0.25) is 0 Å². The summed E-state index contributed by atoms with van der Waals surface area (Å²) in [6, 6.07) is 16.0. The van der Waals surface area contributed by atoms with E-state index in [9.17, 15) is 8.42 Å². The van der Waals surface area contributed by atoms with E-state index in [-0.39, 0.29) is 18.2 Å². The molecule has 0 bridgehead atoms. The average Bonchev–Trinajstić information content (AvgIpc) is 3.78. The third-order valence-electron chi connectivity index (χ3n) is 3.54. The van der Waals surface area contributed by atoms with Gasteiger partial charge in [-0.25, -0.2) is 23.1 Å². The molecule has 0 aliphatic heterocycles. The Labute approximate surface area is 311 Å². The number of nitrogens with zero attached hydrogens (tertiary/aromatic N) is 2. The highest BCUT2D eigenvalue weighted by Gasteiger charge is 2.13. The van der Waals surface area contributed by atoms with Gasteiger partial charge in [-0.05, 0) is 99.9 Å². The molecule has 0 aliphatic rings. The second-order valence-corrected chi connectivity index (χ2v) is 15.2. The lowest BCUT2D eigenvalue weighted by Crippen LogP contribution is -2.30.